The zero-order valence-corrected chi connectivity index (χ0v) is 11.9. The van der Waals surface area contributed by atoms with Gasteiger partial charge < -0.3 is 5.73 Å². The Bertz CT molecular complexity index is 956. The van der Waals surface area contributed by atoms with Crippen molar-refractivity contribution >= 4 is 28.9 Å². The highest BCUT2D eigenvalue weighted by Crippen LogP contribution is 2.25. The Labute approximate surface area is 123 Å². The molecule has 0 aliphatic carbocycles. The van der Waals surface area contributed by atoms with E-state index in [1.165, 1.54) is 11.8 Å². The quantitative estimate of drug-likeness (QED) is 0.607. The maximum Gasteiger partial charge on any atom is 0.201 e. The Morgan fingerprint density at radius 3 is 2.81 bits per heavy atom. The van der Waals surface area contributed by atoms with Gasteiger partial charge in [-0.3, -0.25) is 4.40 Å². The van der Waals surface area contributed by atoms with Crippen LogP contribution in [-0.2, 0) is 0 Å². The first-order valence-electron chi connectivity index (χ1n) is 6.30. The van der Waals surface area contributed by atoms with Crippen molar-refractivity contribution in [1.82, 2.24) is 29.2 Å². The van der Waals surface area contributed by atoms with Gasteiger partial charge in [0, 0.05) is 6.20 Å². The molecule has 4 aromatic rings. The molecule has 8 heteroatoms. The van der Waals surface area contributed by atoms with Crippen molar-refractivity contribution < 1.29 is 0 Å². The Morgan fingerprint density at radius 2 is 1.90 bits per heavy atom. The van der Waals surface area contributed by atoms with Gasteiger partial charge in [0.25, 0.3) is 0 Å². The van der Waals surface area contributed by atoms with E-state index in [4.69, 9.17) is 5.73 Å². The van der Waals surface area contributed by atoms with Crippen LogP contribution < -0.4 is 5.73 Å². The summed E-state index contributed by atoms with van der Waals surface area (Å²) in [5.74, 6) is 0.452. The highest BCUT2D eigenvalue weighted by molar-refractivity contribution is 7.99. The summed E-state index contributed by atoms with van der Waals surface area (Å²) < 4.78 is 3.61. The molecule has 7 nitrogen and oxygen atoms in total. The highest BCUT2D eigenvalue weighted by atomic mass is 32.2. The van der Waals surface area contributed by atoms with Crippen LogP contribution in [0.15, 0.2) is 46.8 Å². The van der Waals surface area contributed by atoms with Gasteiger partial charge in [-0.05, 0) is 42.4 Å². The molecule has 0 atom stereocenters. The normalized spacial score (nSPS) is 11.5. The van der Waals surface area contributed by atoms with E-state index in [9.17, 15) is 0 Å². The maximum atomic E-state index is 5.66. The van der Waals surface area contributed by atoms with Gasteiger partial charge in [-0.25, -0.2) is 9.50 Å². The average molecular weight is 297 g/mol. The number of hydrogen-bond donors (Lipinski definition) is 1. The van der Waals surface area contributed by atoms with Gasteiger partial charge in [-0.1, -0.05) is 6.07 Å². The number of nitrogen functional groups attached to an aromatic ring is 1. The standard InChI is InChI=1S/C13H11N7S/c1-8-2-3-11-16-17-13(19(11)6-8)21-12-5-4-10-15-9(14)7-20(10)18-12/h2-7H,14H2,1H3. The zero-order valence-electron chi connectivity index (χ0n) is 11.1. The van der Waals surface area contributed by atoms with Crippen LogP contribution in [0.2, 0.25) is 0 Å². The second kappa shape index (κ2) is 4.45. The molecule has 0 spiro atoms. The van der Waals surface area contributed by atoms with Crippen LogP contribution in [0.3, 0.4) is 0 Å². The molecule has 104 valence electrons. The van der Waals surface area contributed by atoms with E-state index in [-0.39, 0.29) is 0 Å². The van der Waals surface area contributed by atoms with E-state index >= 15 is 0 Å². The number of pyridine rings is 1. The first-order valence-corrected chi connectivity index (χ1v) is 7.12. The van der Waals surface area contributed by atoms with E-state index < -0.39 is 0 Å². The van der Waals surface area contributed by atoms with Crippen molar-refractivity contribution in [2.24, 2.45) is 0 Å². The Kier molecular flexibility index (Phi) is 2.58. The lowest BCUT2D eigenvalue weighted by molar-refractivity contribution is 0.849. The van der Waals surface area contributed by atoms with Crippen LogP contribution in [0.4, 0.5) is 5.82 Å². The summed E-state index contributed by atoms with van der Waals surface area (Å²) in [5.41, 5.74) is 8.35. The number of anilines is 1. The number of imidazole rings is 1. The molecule has 0 aromatic carbocycles. The SMILES string of the molecule is Cc1ccc2nnc(Sc3ccc4nc(N)cn4n3)n2c1. The summed E-state index contributed by atoms with van der Waals surface area (Å²) in [6, 6.07) is 7.72. The van der Waals surface area contributed by atoms with Crippen molar-refractivity contribution in [1.29, 1.82) is 0 Å². The zero-order chi connectivity index (χ0) is 14.4. The Balaban J connectivity index is 1.76. The fourth-order valence-corrected chi connectivity index (χ4v) is 2.85. The lowest BCUT2D eigenvalue weighted by Crippen LogP contribution is -1.93. The summed E-state index contributed by atoms with van der Waals surface area (Å²) >= 11 is 1.45. The minimum Gasteiger partial charge on any atom is -0.382 e. The van der Waals surface area contributed by atoms with Crippen molar-refractivity contribution in [2.45, 2.75) is 17.1 Å². The predicted octanol–water partition coefficient (Wildman–Crippen LogP) is 1.81. The molecule has 0 saturated heterocycles. The molecule has 0 fully saturated rings. The van der Waals surface area contributed by atoms with Crippen LogP contribution in [0, 0.1) is 6.92 Å². The minimum atomic E-state index is 0.452. The van der Waals surface area contributed by atoms with Crippen molar-refractivity contribution in [3.63, 3.8) is 0 Å². The third-order valence-electron chi connectivity index (χ3n) is 3.03. The smallest absolute Gasteiger partial charge is 0.201 e. The fraction of sp³-hybridized carbons (Fsp3) is 0.0769. The van der Waals surface area contributed by atoms with Crippen LogP contribution in [-0.4, -0.2) is 29.2 Å². The van der Waals surface area contributed by atoms with Gasteiger partial charge in [-0.15, -0.1) is 10.2 Å². The monoisotopic (exact) mass is 297 g/mol. The maximum absolute atomic E-state index is 5.66. The van der Waals surface area contributed by atoms with E-state index in [0.29, 0.717) is 5.82 Å². The molecule has 2 N–H and O–H groups in total. The molecule has 0 radical (unpaired) electrons. The molecule has 4 heterocycles. The molecule has 0 saturated carbocycles. The third-order valence-corrected chi connectivity index (χ3v) is 3.92. The molecular formula is C13H11N7S. The van der Waals surface area contributed by atoms with E-state index in [0.717, 1.165) is 27.0 Å². The molecule has 0 unspecified atom stereocenters. The largest absolute Gasteiger partial charge is 0.382 e. The fourth-order valence-electron chi connectivity index (χ4n) is 2.08. The van der Waals surface area contributed by atoms with Gasteiger partial charge in [0.2, 0.25) is 5.16 Å². The number of nitrogens with two attached hydrogens (primary N) is 1. The van der Waals surface area contributed by atoms with Crippen LogP contribution in [0.5, 0.6) is 0 Å². The molecule has 0 amide bonds. The van der Waals surface area contributed by atoms with Crippen LogP contribution in [0.25, 0.3) is 11.3 Å². The van der Waals surface area contributed by atoms with Crippen molar-refractivity contribution in [3.8, 4) is 0 Å². The summed E-state index contributed by atoms with van der Waals surface area (Å²) in [4.78, 5) is 4.15. The minimum absolute atomic E-state index is 0.452. The van der Waals surface area contributed by atoms with Crippen LogP contribution >= 0.6 is 11.8 Å². The van der Waals surface area contributed by atoms with E-state index in [1.54, 1.807) is 10.7 Å². The summed E-state index contributed by atoms with van der Waals surface area (Å²) in [6.07, 6.45) is 3.69. The van der Waals surface area contributed by atoms with Crippen molar-refractivity contribution in [2.75, 3.05) is 5.73 Å². The van der Waals surface area contributed by atoms with Gasteiger partial charge in [0.15, 0.2) is 11.3 Å². The molecule has 4 aromatic heterocycles. The molecule has 0 aliphatic heterocycles. The molecule has 4 rings (SSSR count). The molecule has 0 bridgehead atoms. The average Bonchev–Trinajstić information content (AvgIpc) is 3.01. The second-order valence-corrected chi connectivity index (χ2v) is 5.65. The number of nitrogens with zero attached hydrogens (tertiary/aromatic N) is 6. The summed E-state index contributed by atoms with van der Waals surface area (Å²) in [5, 5.41) is 14.4. The van der Waals surface area contributed by atoms with Gasteiger partial charge in [0.05, 0.1) is 6.20 Å². The third kappa shape index (κ3) is 2.09. The lowest BCUT2D eigenvalue weighted by Gasteiger charge is -2.01. The predicted molar refractivity (Wildman–Crippen MR) is 79.2 cm³/mol. The first-order chi connectivity index (χ1) is 10.2. The summed E-state index contributed by atoms with van der Waals surface area (Å²) in [6.45, 7) is 2.03. The number of aromatic nitrogens is 6. The summed E-state index contributed by atoms with van der Waals surface area (Å²) in [7, 11) is 0. The Hall–Kier alpha value is -2.61. The molecular weight excluding hydrogens is 286 g/mol. The molecule has 0 aliphatic rings. The van der Waals surface area contributed by atoms with E-state index in [1.807, 2.05) is 41.8 Å². The van der Waals surface area contributed by atoms with E-state index in [2.05, 4.69) is 20.3 Å². The first kappa shape index (κ1) is 12.2. The van der Waals surface area contributed by atoms with Crippen LogP contribution in [0.1, 0.15) is 5.56 Å². The Morgan fingerprint density at radius 1 is 1.05 bits per heavy atom. The second-order valence-electron chi connectivity index (χ2n) is 4.66. The van der Waals surface area contributed by atoms with Gasteiger partial charge in [0.1, 0.15) is 10.8 Å². The lowest BCUT2D eigenvalue weighted by atomic mass is 10.3. The highest BCUT2D eigenvalue weighted by Gasteiger charge is 2.09. The molecule has 21 heavy (non-hydrogen) atoms. The van der Waals surface area contributed by atoms with Gasteiger partial charge >= 0.3 is 0 Å². The number of aryl methyl sites for hydroxylation is 1. The van der Waals surface area contributed by atoms with Gasteiger partial charge in [-0.2, -0.15) is 5.10 Å². The van der Waals surface area contributed by atoms with Crippen molar-refractivity contribution in [3.05, 3.63) is 42.2 Å². The number of fused-ring (bicyclic) bond motifs is 2. The number of rotatable bonds is 2. The number of hydrogen-bond acceptors (Lipinski definition) is 6. The topological polar surface area (TPSA) is 86.4 Å².